The average Bonchev–Trinajstić information content (AvgIpc) is 2.73. The molecule has 1 amide bonds. The van der Waals surface area contributed by atoms with Gasteiger partial charge in [-0.3, -0.25) is 14.4 Å². The van der Waals surface area contributed by atoms with Crippen LogP contribution in [0.2, 0.25) is 0 Å². The fourth-order valence-electron chi connectivity index (χ4n) is 2.27. The van der Waals surface area contributed by atoms with Crippen molar-refractivity contribution in [2.45, 2.75) is 38.3 Å². The molecule has 1 fully saturated rings. The minimum absolute atomic E-state index is 0.190. The van der Waals surface area contributed by atoms with Crippen LogP contribution in [0.15, 0.2) is 0 Å². The van der Waals surface area contributed by atoms with E-state index in [0.29, 0.717) is 19.4 Å². The second-order valence-corrected chi connectivity index (χ2v) is 6.62. The van der Waals surface area contributed by atoms with Gasteiger partial charge in [-0.15, -0.1) is 0 Å². The molecule has 2 N–H and O–H groups in total. The van der Waals surface area contributed by atoms with E-state index in [0.717, 1.165) is 6.26 Å². The maximum atomic E-state index is 12.3. The summed E-state index contributed by atoms with van der Waals surface area (Å²) in [5, 5.41) is 8.78. The number of rotatable bonds is 6. The topological polar surface area (TPSA) is 121 Å². The monoisotopic (exact) mass is 306 g/mol. The van der Waals surface area contributed by atoms with Crippen molar-refractivity contribution in [1.82, 2.24) is 9.62 Å². The molecule has 8 nitrogen and oxygen atoms in total. The molecule has 0 aromatic carbocycles. The summed E-state index contributed by atoms with van der Waals surface area (Å²) in [5.41, 5.74) is 0. The van der Waals surface area contributed by atoms with Crippen LogP contribution in [0.1, 0.15) is 26.2 Å². The Hall–Kier alpha value is -1.48. The van der Waals surface area contributed by atoms with Gasteiger partial charge in [0.25, 0.3) is 0 Å². The van der Waals surface area contributed by atoms with Crippen LogP contribution >= 0.6 is 0 Å². The largest absolute Gasteiger partial charge is 0.481 e. The summed E-state index contributed by atoms with van der Waals surface area (Å²) in [6.45, 7) is 1.68. The van der Waals surface area contributed by atoms with Crippen LogP contribution in [0.25, 0.3) is 0 Å². The fourth-order valence-corrected chi connectivity index (χ4v) is 2.97. The first-order valence-corrected chi connectivity index (χ1v) is 8.01. The summed E-state index contributed by atoms with van der Waals surface area (Å²) in [5.74, 6) is -2.15. The summed E-state index contributed by atoms with van der Waals surface area (Å²) < 4.78 is 24.4. The quantitative estimate of drug-likeness (QED) is 0.646. The number of likely N-dealkylation sites (tertiary alicyclic amines) is 1. The van der Waals surface area contributed by atoms with Crippen molar-refractivity contribution in [3.05, 3.63) is 0 Å². The SMILES string of the molecule is CC(=O)[C@H]1CCCN1C(=O)C(CC(=O)O)NS(C)(=O)=O. The highest BCUT2D eigenvalue weighted by atomic mass is 32.2. The molecule has 20 heavy (non-hydrogen) atoms. The molecule has 0 spiro atoms. The lowest BCUT2D eigenvalue weighted by molar-refractivity contribution is -0.143. The highest BCUT2D eigenvalue weighted by molar-refractivity contribution is 7.88. The molecule has 0 aliphatic carbocycles. The standard InChI is InChI=1S/C11H18N2O6S/c1-7(14)9-4-3-5-13(9)11(17)8(6-10(15)16)12-20(2,18)19/h8-9,12H,3-6H2,1-2H3,(H,15,16)/t8?,9-/m1/s1. The van der Waals surface area contributed by atoms with Crippen molar-refractivity contribution in [3.8, 4) is 0 Å². The van der Waals surface area contributed by atoms with Gasteiger partial charge in [-0.1, -0.05) is 0 Å². The number of carboxylic acid groups (broad SMARTS) is 1. The number of nitrogens with zero attached hydrogens (tertiary/aromatic N) is 1. The predicted molar refractivity (Wildman–Crippen MR) is 69.4 cm³/mol. The number of Topliss-reactive ketones (excluding diaryl/α,β-unsaturated/α-hetero) is 1. The molecule has 114 valence electrons. The Balaban J connectivity index is 2.92. The molecule has 0 bridgehead atoms. The lowest BCUT2D eigenvalue weighted by Crippen LogP contribution is -2.51. The number of amides is 1. The van der Waals surface area contributed by atoms with E-state index in [9.17, 15) is 22.8 Å². The third kappa shape index (κ3) is 4.57. The molecule has 0 aromatic heterocycles. The maximum Gasteiger partial charge on any atom is 0.305 e. The summed E-state index contributed by atoms with van der Waals surface area (Å²) >= 11 is 0. The Morgan fingerprint density at radius 2 is 2.00 bits per heavy atom. The van der Waals surface area contributed by atoms with Gasteiger partial charge in [0.05, 0.1) is 18.7 Å². The Kier molecular flexibility index (Phi) is 5.23. The van der Waals surface area contributed by atoms with E-state index in [1.54, 1.807) is 0 Å². The number of hydrogen-bond acceptors (Lipinski definition) is 5. The minimum atomic E-state index is -3.73. The number of sulfonamides is 1. The Morgan fingerprint density at radius 3 is 2.45 bits per heavy atom. The van der Waals surface area contributed by atoms with Crippen molar-refractivity contribution in [1.29, 1.82) is 0 Å². The van der Waals surface area contributed by atoms with E-state index in [2.05, 4.69) is 0 Å². The summed E-state index contributed by atoms with van der Waals surface area (Å²) in [7, 11) is -3.73. The first-order valence-electron chi connectivity index (χ1n) is 6.12. The van der Waals surface area contributed by atoms with Gasteiger partial charge < -0.3 is 10.0 Å². The summed E-state index contributed by atoms with van der Waals surface area (Å²) in [6.07, 6.45) is 1.34. The lowest BCUT2D eigenvalue weighted by Gasteiger charge is -2.27. The van der Waals surface area contributed by atoms with Crippen LogP contribution in [0.5, 0.6) is 0 Å². The highest BCUT2D eigenvalue weighted by Crippen LogP contribution is 2.19. The van der Waals surface area contributed by atoms with Crippen LogP contribution in [0, 0.1) is 0 Å². The zero-order valence-corrected chi connectivity index (χ0v) is 12.1. The molecule has 1 rings (SSSR count). The zero-order chi connectivity index (χ0) is 15.5. The number of nitrogens with one attached hydrogen (secondary N) is 1. The van der Waals surface area contributed by atoms with Crippen molar-refractivity contribution < 1.29 is 27.9 Å². The normalized spacial score (nSPS) is 20.7. The molecule has 0 aromatic rings. The maximum absolute atomic E-state index is 12.3. The van der Waals surface area contributed by atoms with Gasteiger partial charge in [-0.25, -0.2) is 13.1 Å². The van der Waals surface area contributed by atoms with E-state index in [1.807, 2.05) is 4.72 Å². The molecule has 1 heterocycles. The van der Waals surface area contributed by atoms with E-state index in [1.165, 1.54) is 11.8 Å². The minimum Gasteiger partial charge on any atom is -0.481 e. The van der Waals surface area contributed by atoms with E-state index in [-0.39, 0.29) is 5.78 Å². The highest BCUT2D eigenvalue weighted by Gasteiger charge is 2.37. The van der Waals surface area contributed by atoms with Crippen molar-refractivity contribution in [3.63, 3.8) is 0 Å². The predicted octanol–water partition coefficient (Wildman–Crippen LogP) is -1.04. The van der Waals surface area contributed by atoms with Crippen molar-refractivity contribution >= 4 is 27.7 Å². The average molecular weight is 306 g/mol. The number of hydrogen-bond donors (Lipinski definition) is 2. The molecule has 1 aliphatic heterocycles. The van der Waals surface area contributed by atoms with Gasteiger partial charge in [-0.05, 0) is 19.8 Å². The Bertz CT molecular complexity index is 515. The number of ketones is 1. The zero-order valence-electron chi connectivity index (χ0n) is 11.3. The molecular formula is C11H18N2O6S. The van der Waals surface area contributed by atoms with Gasteiger partial charge in [0.15, 0.2) is 5.78 Å². The van der Waals surface area contributed by atoms with E-state index >= 15 is 0 Å². The van der Waals surface area contributed by atoms with Crippen molar-refractivity contribution in [2.24, 2.45) is 0 Å². The molecular weight excluding hydrogens is 288 g/mol. The number of carboxylic acids is 1. The van der Waals surface area contributed by atoms with Gasteiger partial charge in [0, 0.05) is 6.54 Å². The number of carbonyl (C=O) groups is 3. The number of aliphatic carboxylic acids is 1. The van der Waals surface area contributed by atoms with Crippen LogP contribution in [-0.4, -0.2) is 61.0 Å². The number of carbonyl (C=O) groups excluding carboxylic acids is 2. The third-order valence-corrected chi connectivity index (χ3v) is 3.75. The molecule has 0 saturated carbocycles. The van der Waals surface area contributed by atoms with Crippen molar-refractivity contribution in [2.75, 3.05) is 12.8 Å². The van der Waals surface area contributed by atoms with Crippen LogP contribution in [-0.2, 0) is 24.4 Å². The third-order valence-electron chi connectivity index (χ3n) is 3.04. The molecule has 1 aliphatic rings. The van der Waals surface area contributed by atoms with Gasteiger partial charge in [-0.2, -0.15) is 0 Å². The second-order valence-electron chi connectivity index (χ2n) is 4.84. The van der Waals surface area contributed by atoms with E-state index in [4.69, 9.17) is 5.11 Å². The molecule has 2 atom stereocenters. The molecule has 9 heteroatoms. The Morgan fingerprint density at radius 1 is 1.40 bits per heavy atom. The summed E-state index contributed by atoms with van der Waals surface area (Å²) in [4.78, 5) is 35.7. The first kappa shape index (κ1) is 16.6. The van der Waals surface area contributed by atoms with Gasteiger partial charge in [0.2, 0.25) is 15.9 Å². The summed E-state index contributed by atoms with van der Waals surface area (Å²) in [6, 6.07) is -1.98. The van der Waals surface area contributed by atoms with Crippen LogP contribution in [0.3, 0.4) is 0 Å². The first-order chi connectivity index (χ1) is 9.11. The van der Waals surface area contributed by atoms with Crippen LogP contribution < -0.4 is 4.72 Å². The molecule has 1 unspecified atom stereocenters. The fraction of sp³-hybridized carbons (Fsp3) is 0.727. The second kappa shape index (κ2) is 6.31. The lowest BCUT2D eigenvalue weighted by atomic mass is 10.1. The van der Waals surface area contributed by atoms with E-state index < -0.39 is 40.4 Å². The van der Waals surface area contributed by atoms with Crippen LogP contribution in [0.4, 0.5) is 0 Å². The smallest absolute Gasteiger partial charge is 0.305 e. The molecule has 0 radical (unpaired) electrons. The Labute approximate surface area is 117 Å². The van der Waals surface area contributed by atoms with Gasteiger partial charge in [0.1, 0.15) is 6.04 Å². The van der Waals surface area contributed by atoms with Gasteiger partial charge >= 0.3 is 5.97 Å². The molecule has 1 saturated heterocycles.